The van der Waals surface area contributed by atoms with Crippen LogP contribution in [0.5, 0.6) is 5.88 Å². The van der Waals surface area contributed by atoms with E-state index in [-0.39, 0.29) is 11.7 Å². The largest absolute Gasteiger partial charge is 0.481 e. The van der Waals surface area contributed by atoms with Crippen molar-refractivity contribution < 1.29 is 9.53 Å². The number of ketones is 1. The summed E-state index contributed by atoms with van der Waals surface area (Å²) in [4.78, 5) is 18.0. The second-order valence-corrected chi connectivity index (χ2v) is 4.43. The fourth-order valence-corrected chi connectivity index (χ4v) is 2.21. The first-order valence-electron chi connectivity index (χ1n) is 5.97. The average Bonchev–Trinajstić information content (AvgIpc) is 2.39. The predicted octanol–water partition coefficient (Wildman–Crippen LogP) is 1.90. The van der Waals surface area contributed by atoms with Crippen molar-refractivity contribution in [3.05, 3.63) is 18.2 Å². The van der Waals surface area contributed by atoms with Crippen molar-refractivity contribution in [3.8, 4) is 5.88 Å². The van der Waals surface area contributed by atoms with E-state index in [9.17, 15) is 4.79 Å². The highest BCUT2D eigenvalue weighted by Gasteiger charge is 2.23. The van der Waals surface area contributed by atoms with Gasteiger partial charge in [0.05, 0.1) is 7.11 Å². The van der Waals surface area contributed by atoms with Gasteiger partial charge in [0.25, 0.3) is 0 Å². The molecule has 0 N–H and O–H groups in total. The number of ether oxygens (including phenoxy) is 1. The van der Waals surface area contributed by atoms with E-state index in [1.807, 2.05) is 18.2 Å². The minimum Gasteiger partial charge on any atom is -0.481 e. The molecule has 0 bridgehead atoms. The van der Waals surface area contributed by atoms with Gasteiger partial charge >= 0.3 is 0 Å². The number of piperidine rings is 1. The van der Waals surface area contributed by atoms with Gasteiger partial charge in [0.15, 0.2) is 0 Å². The summed E-state index contributed by atoms with van der Waals surface area (Å²) in [6.45, 7) is 3.41. The van der Waals surface area contributed by atoms with Gasteiger partial charge in [0.1, 0.15) is 11.6 Å². The molecule has 1 aromatic heterocycles. The van der Waals surface area contributed by atoms with Crippen LogP contribution in [-0.4, -0.2) is 31.0 Å². The Hall–Kier alpha value is -1.58. The second-order valence-electron chi connectivity index (χ2n) is 4.43. The van der Waals surface area contributed by atoms with E-state index in [1.54, 1.807) is 14.0 Å². The molecule has 1 atom stereocenters. The van der Waals surface area contributed by atoms with Gasteiger partial charge < -0.3 is 9.64 Å². The van der Waals surface area contributed by atoms with Gasteiger partial charge in [-0.05, 0) is 25.8 Å². The standard InChI is InChI=1S/C13H18N2O2/c1-10(16)11-5-4-8-15(9-11)12-6-3-7-13(14-12)17-2/h3,6-7,11H,4-5,8-9H2,1-2H3. The highest BCUT2D eigenvalue weighted by atomic mass is 16.5. The summed E-state index contributed by atoms with van der Waals surface area (Å²) in [5.74, 6) is 1.94. The summed E-state index contributed by atoms with van der Waals surface area (Å²) in [5.41, 5.74) is 0. The third kappa shape index (κ3) is 2.75. The van der Waals surface area contributed by atoms with Crippen molar-refractivity contribution in [1.29, 1.82) is 0 Å². The van der Waals surface area contributed by atoms with Crippen molar-refractivity contribution in [3.63, 3.8) is 0 Å². The Kier molecular flexibility index (Phi) is 3.61. The van der Waals surface area contributed by atoms with Crippen LogP contribution in [0.4, 0.5) is 5.82 Å². The van der Waals surface area contributed by atoms with E-state index < -0.39 is 0 Å². The maximum atomic E-state index is 11.4. The number of Topliss-reactive ketones (excluding diaryl/α,β-unsaturated/α-hetero) is 1. The number of hydrogen-bond acceptors (Lipinski definition) is 4. The van der Waals surface area contributed by atoms with Crippen LogP contribution < -0.4 is 9.64 Å². The first-order chi connectivity index (χ1) is 8.20. The number of pyridine rings is 1. The molecule has 1 aliphatic rings. The molecule has 17 heavy (non-hydrogen) atoms. The summed E-state index contributed by atoms with van der Waals surface area (Å²) >= 11 is 0. The number of carbonyl (C=O) groups is 1. The fourth-order valence-electron chi connectivity index (χ4n) is 2.21. The van der Waals surface area contributed by atoms with Gasteiger partial charge in [0.2, 0.25) is 5.88 Å². The first-order valence-corrected chi connectivity index (χ1v) is 5.97. The number of nitrogens with zero attached hydrogens (tertiary/aromatic N) is 2. The van der Waals surface area contributed by atoms with E-state index in [0.29, 0.717) is 5.88 Å². The molecule has 2 heterocycles. The van der Waals surface area contributed by atoms with E-state index in [4.69, 9.17) is 4.74 Å². The van der Waals surface area contributed by atoms with Crippen molar-refractivity contribution in [2.24, 2.45) is 5.92 Å². The molecule has 0 aromatic carbocycles. The van der Waals surface area contributed by atoms with Crippen LogP contribution in [0.3, 0.4) is 0 Å². The summed E-state index contributed by atoms with van der Waals surface area (Å²) in [5, 5.41) is 0. The van der Waals surface area contributed by atoms with Gasteiger partial charge in [-0.15, -0.1) is 0 Å². The Morgan fingerprint density at radius 1 is 1.53 bits per heavy atom. The van der Waals surface area contributed by atoms with Crippen LogP contribution in [-0.2, 0) is 4.79 Å². The highest BCUT2D eigenvalue weighted by molar-refractivity contribution is 5.79. The lowest BCUT2D eigenvalue weighted by molar-refractivity contribution is -0.120. The lowest BCUT2D eigenvalue weighted by Crippen LogP contribution is -2.38. The van der Waals surface area contributed by atoms with E-state index in [0.717, 1.165) is 31.7 Å². The molecule has 0 saturated carbocycles. The molecule has 1 aromatic rings. The van der Waals surface area contributed by atoms with E-state index >= 15 is 0 Å². The second kappa shape index (κ2) is 5.17. The molecule has 0 spiro atoms. The molecular formula is C13H18N2O2. The van der Waals surface area contributed by atoms with Gasteiger partial charge in [-0.3, -0.25) is 4.79 Å². The van der Waals surface area contributed by atoms with Crippen LogP contribution in [0.15, 0.2) is 18.2 Å². The van der Waals surface area contributed by atoms with Crippen LogP contribution in [0.2, 0.25) is 0 Å². The molecule has 0 aliphatic carbocycles. The molecule has 1 saturated heterocycles. The molecule has 2 rings (SSSR count). The zero-order chi connectivity index (χ0) is 12.3. The Bertz CT molecular complexity index is 406. The maximum absolute atomic E-state index is 11.4. The Morgan fingerprint density at radius 2 is 2.35 bits per heavy atom. The average molecular weight is 234 g/mol. The molecule has 4 heteroatoms. The van der Waals surface area contributed by atoms with Crippen molar-refractivity contribution in [2.45, 2.75) is 19.8 Å². The van der Waals surface area contributed by atoms with Crippen LogP contribution in [0.25, 0.3) is 0 Å². The SMILES string of the molecule is COc1cccc(N2CCCC(C(C)=O)C2)n1. The number of anilines is 1. The number of aromatic nitrogens is 1. The third-order valence-corrected chi connectivity index (χ3v) is 3.24. The summed E-state index contributed by atoms with van der Waals surface area (Å²) in [6.07, 6.45) is 2.04. The van der Waals surface area contributed by atoms with Crippen molar-refractivity contribution in [2.75, 3.05) is 25.1 Å². The Morgan fingerprint density at radius 3 is 3.06 bits per heavy atom. The van der Waals surface area contributed by atoms with Crippen LogP contribution >= 0.6 is 0 Å². The molecule has 4 nitrogen and oxygen atoms in total. The zero-order valence-corrected chi connectivity index (χ0v) is 10.3. The van der Waals surface area contributed by atoms with Crippen LogP contribution in [0.1, 0.15) is 19.8 Å². The van der Waals surface area contributed by atoms with E-state index in [2.05, 4.69) is 9.88 Å². The maximum Gasteiger partial charge on any atom is 0.214 e. The Labute approximate surface area is 102 Å². The summed E-state index contributed by atoms with van der Waals surface area (Å²) < 4.78 is 5.12. The molecular weight excluding hydrogens is 216 g/mol. The lowest BCUT2D eigenvalue weighted by Gasteiger charge is -2.32. The first kappa shape index (κ1) is 11.9. The minimum atomic E-state index is 0.150. The van der Waals surface area contributed by atoms with E-state index in [1.165, 1.54) is 0 Å². The smallest absolute Gasteiger partial charge is 0.214 e. The molecule has 1 aliphatic heterocycles. The fraction of sp³-hybridized carbons (Fsp3) is 0.538. The third-order valence-electron chi connectivity index (χ3n) is 3.24. The number of hydrogen-bond donors (Lipinski definition) is 0. The number of rotatable bonds is 3. The van der Waals surface area contributed by atoms with Gasteiger partial charge in [-0.25, -0.2) is 0 Å². The number of methoxy groups -OCH3 is 1. The normalized spacial score (nSPS) is 20.1. The number of carbonyl (C=O) groups excluding carboxylic acids is 1. The zero-order valence-electron chi connectivity index (χ0n) is 10.3. The molecule has 0 amide bonds. The van der Waals surface area contributed by atoms with Gasteiger partial charge in [-0.1, -0.05) is 6.07 Å². The Balaban J connectivity index is 2.13. The molecule has 1 unspecified atom stereocenters. The molecule has 1 fully saturated rings. The lowest BCUT2D eigenvalue weighted by atomic mass is 9.95. The molecule has 92 valence electrons. The van der Waals surface area contributed by atoms with Gasteiger partial charge in [-0.2, -0.15) is 4.98 Å². The van der Waals surface area contributed by atoms with Gasteiger partial charge in [0, 0.05) is 25.1 Å². The topological polar surface area (TPSA) is 42.4 Å². The summed E-state index contributed by atoms with van der Waals surface area (Å²) in [7, 11) is 1.61. The predicted molar refractivity (Wildman–Crippen MR) is 66.4 cm³/mol. The quantitative estimate of drug-likeness (QED) is 0.801. The summed E-state index contributed by atoms with van der Waals surface area (Å²) in [6, 6.07) is 5.72. The monoisotopic (exact) mass is 234 g/mol. The van der Waals surface area contributed by atoms with Crippen LogP contribution in [0, 0.1) is 5.92 Å². The molecule has 0 radical (unpaired) electrons. The minimum absolute atomic E-state index is 0.150. The van der Waals surface area contributed by atoms with Crippen molar-refractivity contribution >= 4 is 11.6 Å². The van der Waals surface area contributed by atoms with Crippen molar-refractivity contribution in [1.82, 2.24) is 4.98 Å². The highest BCUT2D eigenvalue weighted by Crippen LogP contribution is 2.23.